The number of carbonyl (C=O) groups excluding carboxylic acids is 1. The highest BCUT2D eigenvalue weighted by molar-refractivity contribution is 6.62. The van der Waals surface area contributed by atoms with Crippen LogP contribution < -0.4 is 21.4 Å². The molecule has 5 nitrogen and oxygen atoms in total. The second-order valence-corrected chi connectivity index (χ2v) is 24.3. The number of carbonyl (C=O) groups is 1. The first kappa shape index (κ1) is 46.9. The number of H-pyrrole nitrogens is 3. The van der Waals surface area contributed by atoms with E-state index >= 15 is 4.79 Å². The van der Waals surface area contributed by atoms with Gasteiger partial charge in [-0.05, 0) is 114 Å². The van der Waals surface area contributed by atoms with E-state index in [0.717, 1.165) is 88.5 Å². The Bertz CT molecular complexity index is 3800. The fourth-order valence-corrected chi connectivity index (χ4v) is 10.9. The summed E-state index contributed by atoms with van der Waals surface area (Å²) in [7, 11) is 0. The first-order valence-corrected chi connectivity index (χ1v) is 25.6. The highest BCUT2D eigenvalue weighted by atomic mass is 16.1. The summed E-state index contributed by atoms with van der Waals surface area (Å²) < 4.78 is 0. The van der Waals surface area contributed by atoms with Crippen LogP contribution in [0.4, 0.5) is 0 Å². The van der Waals surface area contributed by atoms with Crippen molar-refractivity contribution in [3.63, 3.8) is 0 Å². The van der Waals surface area contributed by atoms with Crippen LogP contribution in [0, 0.1) is 0 Å². The molecule has 0 radical (unpaired) electrons. The Balaban J connectivity index is 1.29. The topological polar surface area (TPSA) is 76.8 Å². The molecular weight excluding hydrogens is 877 g/mol. The molecule has 0 amide bonds. The molecule has 72 heavy (non-hydrogen) atoms. The monoisotopic (exact) mass is 943 g/mol. The van der Waals surface area contributed by atoms with E-state index in [1.54, 1.807) is 0 Å². The zero-order valence-electron chi connectivity index (χ0n) is 43.9. The third-order valence-electron chi connectivity index (χ3n) is 15.1. The number of nitrogens with zero attached hydrogens (tertiary/aromatic N) is 1. The van der Waals surface area contributed by atoms with Crippen LogP contribution in [0.1, 0.15) is 156 Å². The number of aliphatic imine (C=N–C) groups is 1. The molecule has 5 aromatic carbocycles. The maximum absolute atomic E-state index is 16.2. The highest BCUT2D eigenvalue weighted by Crippen LogP contribution is 2.49. The average molecular weight is 943 g/mol. The normalized spacial score (nSPS) is 19.1. The molecule has 8 bridgehead atoms. The van der Waals surface area contributed by atoms with Gasteiger partial charge in [-0.15, -0.1) is 0 Å². The van der Waals surface area contributed by atoms with Crippen LogP contribution in [0.2, 0.25) is 0 Å². The minimum Gasteiger partial charge on any atom is -0.354 e. The molecule has 1 unspecified atom stereocenters. The SMILES string of the molecule is CC(C)(C)c1ccc(/C2=c3\cc/c([nH]3)=C(\c3ccc(C(C)(C)C)cc3)c3ccc([nH]3)/C(c3ccc(C(C)(C)C)cc3)=c3/cc/c([nH]3)=C3/C4=C(C(=O)C2=N4)C(c2ccccc2)c2cc(C(C)(C)C)ccc23)cc1. The van der Waals surface area contributed by atoms with Gasteiger partial charge in [0.2, 0.25) is 5.78 Å². The molecular formula is C67H66N4O. The Hall–Kier alpha value is -7.50. The lowest BCUT2D eigenvalue weighted by Crippen LogP contribution is -2.27. The minimum atomic E-state index is -0.354. The van der Waals surface area contributed by atoms with E-state index in [9.17, 15) is 0 Å². The zero-order valence-corrected chi connectivity index (χ0v) is 43.9. The molecule has 3 aromatic heterocycles. The predicted molar refractivity (Wildman–Crippen MR) is 297 cm³/mol. The van der Waals surface area contributed by atoms with E-state index in [1.165, 1.54) is 22.3 Å². The van der Waals surface area contributed by atoms with Gasteiger partial charge in [0.15, 0.2) is 0 Å². The average Bonchev–Trinajstić information content (AvgIpc) is 4.17. The molecule has 11 rings (SSSR count). The lowest BCUT2D eigenvalue weighted by molar-refractivity contribution is -0.109. The van der Waals surface area contributed by atoms with Crippen molar-refractivity contribution in [3.05, 3.63) is 257 Å². The summed E-state index contributed by atoms with van der Waals surface area (Å²) in [6, 6.07) is 57.3. The van der Waals surface area contributed by atoms with E-state index in [1.807, 2.05) is 0 Å². The number of Topliss-reactive ketones (excluding diaryl/α,β-unsaturated/α-hetero) is 1. The number of fused-ring (bicyclic) bond motifs is 8. The van der Waals surface area contributed by atoms with Crippen LogP contribution in [0.15, 0.2) is 174 Å². The van der Waals surface area contributed by atoms with E-state index in [2.05, 4.69) is 256 Å². The Morgan fingerprint density at radius 2 is 0.806 bits per heavy atom. The number of ketones is 1. The van der Waals surface area contributed by atoms with Crippen LogP contribution in [0.3, 0.4) is 0 Å². The predicted octanol–water partition coefficient (Wildman–Crippen LogP) is 12.2. The largest absolute Gasteiger partial charge is 0.354 e. The van der Waals surface area contributed by atoms with Gasteiger partial charge < -0.3 is 15.0 Å². The summed E-state index contributed by atoms with van der Waals surface area (Å²) in [4.78, 5) is 33.7. The van der Waals surface area contributed by atoms with Gasteiger partial charge in [-0.3, -0.25) is 4.79 Å². The molecule has 1 aliphatic carbocycles. The second-order valence-electron chi connectivity index (χ2n) is 24.3. The molecule has 5 heterocycles. The molecule has 0 saturated heterocycles. The quantitative estimate of drug-likeness (QED) is 0.162. The number of aromatic nitrogens is 3. The smallest absolute Gasteiger partial charge is 0.211 e. The lowest BCUT2D eigenvalue weighted by atomic mass is 9.71. The van der Waals surface area contributed by atoms with Gasteiger partial charge in [-0.25, -0.2) is 4.99 Å². The van der Waals surface area contributed by atoms with Crippen LogP contribution >= 0.6 is 0 Å². The van der Waals surface area contributed by atoms with Gasteiger partial charge in [0, 0.05) is 66.6 Å². The summed E-state index contributed by atoms with van der Waals surface area (Å²) in [5.74, 6) is -0.417. The van der Waals surface area contributed by atoms with Gasteiger partial charge in [0.1, 0.15) is 5.71 Å². The number of hydrogen-bond donors (Lipinski definition) is 3. The van der Waals surface area contributed by atoms with Crippen molar-refractivity contribution < 1.29 is 4.79 Å². The lowest BCUT2D eigenvalue weighted by Gasteiger charge is -2.31. The van der Waals surface area contributed by atoms with Crippen LogP contribution in [0.5, 0.6) is 0 Å². The van der Waals surface area contributed by atoms with Crippen molar-refractivity contribution in [2.75, 3.05) is 0 Å². The van der Waals surface area contributed by atoms with E-state index < -0.39 is 0 Å². The summed E-state index contributed by atoms with van der Waals surface area (Å²) in [6.07, 6.45) is 0. The number of benzene rings is 5. The molecule has 3 N–H and O–H groups in total. The number of rotatable bonds is 4. The first-order chi connectivity index (χ1) is 34.1. The number of allylic oxidation sites excluding steroid dienone is 2. The van der Waals surface area contributed by atoms with Gasteiger partial charge in [0.25, 0.3) is 0 Å². The fourth-order valence-electron chi connectivity index (χ4n) is 10.9. The second kappa shape index (κ2) is 16.8. The minimum absolute atomic E-state index is 0.00363. The summed E-state index contributed by atoms with van der Waals surface area (Å²) in [6.45, 7) is 27.0. The molecule has 0 saturated carbocycles. The standard InChI is InChI=1S/C67H66N4O/c1-64(2,3)43-24-18-40(19-25-43)56-49-32-33-50(68-49)57(41-20-26-44(27-21-41)65(4,5)6)52-35-37-54(70-52)59-47-31-30-46(67(10,11)12)38-48(47)55(39-16-14-13-15-17-39)60-61(59)71-62(63(60)72)58(53-36-34-51(56)69-53)42-22-28-45(29-23-42)66(7,8)9/h13-38,55,68-70H,1-12H3/b56-51-,57-52-,58-53-,59-54-. The summed E-state index contributed by atoms with van der Waals surface area (Å²) in [5, 5.41) is 3.61. The van der Waals surface area contributed by atoms with Crippen molar-refractivity contribution in [2.24, 2.45) is 4.99 Å². The van der Waals surface area contributed by atoms with Crippen LogP contribution in [-0.4, -0.2) is 26.4 Å². The van der Waals surface area contributed by atoms with Gasteiger partial charge >= 0.3 is 0 Å². The molecule has 2 aliphatic heterocycles. The van der Waals surface area contributed by atoms with E-state index in [4.69, 9.17) is 4.99 Å². The molecule has 8 aromatic rings. The van der Waals surface area contributed by atoms with Gasteiger partial charge in [-0.2, -0.15) is 0 Å². The van der Waals surface area contributed by atoms with Gasteiger partial charge in [-0.1, -0.05) is 204 Å². The first-order valence-electron chi connectivity index (χ1n) is 25.6. The van der Waals surface area contributed by atoms with Crippen LogP contribution in [0.25, 0.3) is 22.3 Å². The number of nitrogens with one attached hydrogen (secondary N) is 3. The maximum atomic E-state index is 16.2. The Morgan fingerprint density at radius 1 is 0.403 bits per heavy atom. The third-order valence-corrected chi connectivity index (χ3v) is 15.1. The maximum Gasteiger partial charge on any atom is 0.211 e. The Labute approximate surface area is 424 Å². The van der Waals surface area contributed by atoms with Crippen molar-refractivity contribution >= 4 is 33.8 Å². The summed E-state index contributed by atoms with van der Waals surface area (Å²) >= 11 is 0. The molecule has 5 heteroatoms. The Kier molecular flexibility index (Phi) is 10.9. The molecule has 0 spiro atoms. The van der Waals surface area contributed by atoms with Gasteiger partial charge in [0.05, 0.1) is 5.70 Å². The van der Waals surface area contributed by atoms with Crippen molar-refractivity contribution in [2.45, 2.75) is 111 Å². The van der Waals surface area contributed by atoms with E-state index in [-0.39, 0.29) is 33.4 Å². The molecule has 360 valence electrons. The highest BCUT2D eigenvalue weighted by Gasteiger charge is 2.43. The zero-order chi connectivity index (χ0) is 50.6. The number of hydrogen-bond acceptors (Lipinski definition) is 2. The van der Waals surface area contributed by atoms with Crippen molar-refractivity contribution in [3.8, 4) is 0 Å². The van der Waals surface area contributed by atoms with Crippen LogP contribution in [-0.2, 0) is 26.5 Å². The van der Waals surface area contributed by atoms with Crippen molar-refractivity contribution in [1.82, 2.24) is 15.0 Å². The van der Waals surface area contributed by atoms with Crippen molar-refractivity contribution in [1.29, 1.82) is 0 Å². The number of aromatic amines is 3. The molecule has 0 fully saturated rings. The third kappa shape index (κ3) is 8.13. The summed E-state index contributed by atoms with van der Waals surface area (Å²) in [5.41, 5.74) is 18.7. The molecule has 1 atom stereocenters. The Morgan fingerprint density at radius 3 is 1.25 bits per heavy atom. The molecule has 3 aliphatic rings. The fraction of sp³-hybridized carbons (Fsp3) is 0.254. The van der Waals surface area contributed by atoms with E-state index in [0.29, 0.717) is 17.0 Å².